The molecule has 24 heavy (non-hydrogen) atoms. The molecule has 1 saturated carbocycles. The lowest BCUT2D eigenvalue weighted by Gasteiger charge is -2.37. The SMILES string of the molecule is [2H]NC(=O)c1cc(C)ccc1C1CCC1/C(C)=N/OC(C)(C)C(=O)O. The molecule has 6 nitrogen and oxygen atoms in total. The molecule has 6 heteroatoms. The van der Waals surface area contributed by atoms with Gasteiger partial charge in [0.1, 0.15) is 0 Å². The van der Waals surface area contributed by atoms with E-state index in [2.05, 4.69) is 5.16 Å². The zero-order valence-electron chi connectivity index (χ0n) is 15.4. The number of oxime groups is 1. The highest BCUT2D eigenvalue weighted by Gasteiger charge is 2.37. The van der Waals surface area contributed by atoms with Gasteiger partial charge in [-0.2, -0.15) is 0 Å². The van der Waals surface area contributed by atoms with Gasteiger partial charge >= 0.3 is 5.97 Å². The van der Waals surface area contributed by atoms with E-state index in [1.165, 1.54) is 13.8 Å². The number of aliphatic carboxylic acids is 1. The van der Waals surface area contributed by atoms with Crippen molar-refractivity contribution >= 4 is 17.6 Å². The Balaban J connectivity index is 2.23. The monoisotopic (exact) mass is 333 g/mol. The molecule has 1 aliphatic carbocycles. The van der Waals surface area contributed by atoms with Gasteiger partial charge in [0.15, 0.2) is 1.41 Å². The number of rotatable bonds is 6. The van der Waals surface area contributed by atoms with E-state index in [4.69, 9.17) is 11.4 Å². The molecule has 1 aliphatic rings. The minimum Gasteiger partial charge on any atom is -0.478 e. The van der Waals surface area contributed by atoms with Gasteiger partial charge in [-0.05, 0) is 58.1 Å². The zero-order chi connectivity index (χ0) is 18.8. The summed E-state index contributed by atoms with van der Waals surface area (Å²) in [5.74, 6) is -1.32. The first-order valence-electron chi connectivity index (χ1n) is 8.46. The Labute approximate surface area is 143 Å². The fourth-order valence-corrected chi connectivity index (χ4v) is 2.86. The molecule has 0 saturated heterocycles. The average molecular weight is 333 g/mol. The molecule has 1 aromatic rings. The second-order valence-electron chi connectivity index (χ2n) is 6.85. The maximum absolute atomic E-state index is 12.0. The molecule has 3 N–H and O–H groups in total. The summed E-state index contributed by atoms with van der Waals surface area (Å²) in [6, 6.07) is 5.65. The van der Waals surface area contributed by atoms with Crippen LogP contribution in [0.5, 0.6) is 0 Å². The predicted molar refractivity (Wildman–Crippen MR) is 91.1 cm³/mol. The minimum absolute atomic E-state index is 0.0876. The van der Waals surface area contributed by atoms with Crippen molar-refractivity contribution in [2.24, 2.45) is 16.8 Å². The first-order chi connectivity index (χ1) is 11.7. The molecule has 2 unspecified atom stereocenters. The minimum atomic E-state index is -1.39. The fraction of sp³-hybridized carbons (Fsp3) is 0.500. The maximum atomic E-state index is 12.0. The molecular formula is C18H24N2O4. The lowest BCUT2D eigenvalue weighted by atomic mass is 9.67. The standard InChI is InChI=1S/C18H24N2O4/c1-10-5-6-14(15(9-10)16(19)21)13-8-7-12(13)11(2)20-24-18(3,4)17(22)23/h5-6,9,12-13H,7-8H2,1-4H3,(H2,19,21)(H,22,23)/b20-11+/i/hD. The Kier molecular flexibility index (Phi) is 4.55. The van der Waals surface area contributed by atoms with E-state index in [0.29, 0.717) is 11.3 Å². The summed E-state index contributed by atoms with van der Waals surface area (Å²) in [5.41, 5.74) is 3.61. The third-order valence-electron chi connectivity index (χ3n) is 4.60. The molecule has 1 amide bonds. The summed E-state index contributed by atoms with van der Waals surface area (Å²) in [7, 11) is 0. The van der Waals surface area contributed by atoms with Crippen LogP contribution in [0, 0.1) is 12.8 Å². The normalized spacial score (nSPS) is 21.5. The molecular weight excluding hydrogens is 308 g/mol. The van der Waals surface area contributed by atoms with Gasteiger partial charge in [-0.3, -0.25) is 4.79 Å². The largest absolute Gasteiger partial charge is 0.478 e. The van der Waals surface area contributed by atoms with Crippen LogP contribution in [0.15, 0.2) is 23.4 Å². The average Bonchev–Trinajstić information content (AvgIpc) is 2.52. The number of hydrogen-bond acceptors (Lipinski definition) is 4. The van der Waals surface area contributed by atoms with Gasteiger partial charge in [-0.15, -0.1) is 0 Å². The van der Waals surface area contributed by atoms with Crippen LogP contribution in [-0.2, 0) is 9.63 Å². The summed E-state index contributed by atoms with van der Waals surface area (Å²) >= 11 is 0. The van der Waals surface area contributed by atoms with Crippen LogP contribution in [0.25, 0.3) is 0 Å². The molecule has 0 aromatic heterocycles. The van der Waals surface area contributed by atoms with Crippen LogP contribution in [0.4, 0.5) is 0 Å². The third kappa shape index (κ3) is 3.58. The van der Waals surface area contributed by atoms with Crippen LogP contribution in [0.3, 0.4) is 0 Å². The van der Waals surface area contributed by atoms with Crippen molar-refractivity contribution < 1.29 is 20.9 Å². The lowest BCUT2D eigenvalue weighted by Crippen LogP contribution is -2.35. The number of nitrogens with zero attached hydrogens (tertiary/aromatic N) is 1. The second kappa shape index (κ2) is 6.63. The highest BCUT2D eigenvalue weighted by molar-refractivity contribution is 5.95. The Bertz CT molecular complexity index is 715. The molecule has 130 valence electrons. The lowest BCUT2D eigenvalue weighted by molar-refractivity contribution is -0.161. The van der Waals surface area contributed by atoms with Gasteiger partial charge in [0.25, 0.3) is 0 Å². The topological polar surface area (TPSA) is 102 Å². The van der Waals surface area contributed by atoms with Crippen LogP contribution in [-0.4, -0.2) is 28.3 Å². The van der Waals surface area contributed by atoms with Gasteiger partial charge in [0, 0.05) is 11.5 Å². The molecule has 1 fully saturated rings. The van der Waals surface area contributed by atoms with Crippen LogP contribution < -0.4 is 5.73 Å². The Morgan fingerprint density at radius 1 is 1.42 bits per heavy atom. The highest BCUT2D eigenvalue weighted by atomic mass is 16.7. The molecule has 2 rings (SSSR count). The van der Waals surface area contributed by atoms with Crippen molar-refractivity contribution in [2.75, 3.05) is 0 Å². The predicted octanol–water partition coefficient (Wildman–Crippen LogP) is 2.84. The Hall–Kier alpha value is -2.37. The smallest absolute Gasteiger partial charge is 0.350 e. The molecule has 0 radical (unpaired) electrons. The number of amides is 1. The van der Waals surface area contributed by atoms with Crippen molar-refractivity contribution in [1.82, 2.24) is 0 Å². The number of carbonyl (C=O) groups excluding carboxylic acids is 1. The fourth-order valence-electron chi connectivity index (χ4n) is 2.86. The summed E-state index contributed by atoms with van der Waals surface area (Å²) < 4.78 is 7.14. The van der Waals surface area contributed by atoms with Crippen LogP contribution in [0.2, 0.25) is 1.41 Å². The van der Waals surface area contributed by atoms with Gasteiger partial charge in [0.2, 0.25) is 11.5 Å². The van der Waals surface area contributed by atoms with Crippen molar-refractivity contribution in [1.29, 1.82) is 0 Å². The summed E-state index contributed by atoms with van der Waals surface area (Å²) in [6.07, 6.45) is 1.80. The van der Waals surface area contributed by atoms with E-state index in [1.54, 1.807) is 6.07 Å². The number of carboxylic acid groups (broad SMARTS) is 1. The van der Waals surface area contributed by atoms with Crippen molar-refractivity contribution in [3.8, 4) is 0 Å². The van der Waals surface area contributed by atoms with Gasteiger partial charge in [-0.25, -0.2) is 4.79 Å². The number of carbonyl (C=O) groups is 2. The molecule has 0 heterocycles. The summed E-state index contributed by atoms with van der Waals surface area (Å²) in [4.78, 5) is 28.3. The van der Waals surface area contributed by atoms with Crippen molar-refractivity contribution in [2.45, 2.75) is 52.1 Å². The number of benzene rings is 1. The molecule has 0 bridgehead atoms. The Morgan fingerprint density at radius 3 is 2.67 bits per heavy atom. The summed E-state index contributed by atoms with van der Waals surface area (Å²) in [6.45, 7) is 6.60. The third-order valence-corrected chi connectivity index (χ3v) is 4.60. The molecule has 0 aliphatic heterocycles. The number of aryl methyl sites for hydroxylation is 1. The zero-order valence-corrected chi connectivity index (χ0v) is 14.4. The van der Waals surface area contributed by atoms with Crippen molar-refractivity contribution in [3.63, 3.8) is 0 Å². The number of primary amides is 1. The van der Waals surface area contributed by atoms with E-state index in [0.717, 1.165) is 24.0 Å². The van der Waals surface area contributed by atoms with Gasteiger partial charge in [0.05, 0.1) is 5.71 Å². The quantitative estimate of drug-likeness (QED) is 0.617. The van der Waals surface area contributed by atoms with E-state index in [1.807, 2.05) is 31.7 Å². The highest BCUT2D eigenvalue weighted by Crippen LogP contribution is 2.44. The number of carboxylic acids is 1. The second-order valence-corrected chi connectivity index (χ2v) is 6.85. The number of nitrogens with two attached hydrogens (primary N) is 1. The van der Waals surface area contributed by atoms with E-state index in [9.17, 15) is 9.59 Å². The van der Waals surface area contributed by atoms with E-state index in [-0.39, 0.29) is 11.8 Å². The van der Waals surface area contributed by atoms with Gasteiger partial charge in [-0.1, -0.05) is 22.9 Å². The van der Waals surface area contributed by atoms with Crippen LogP contribution in [0.1, 0.15) is 61.0 Å². The maximum Gasteiger partial charge on any atom is 0.350 e. The summed E-state index contributed by atoms with van der Waals surface area (Å²) in [5, 5.41) is 13.1. The first kappa shape index (κ1) is 16.5. The van der Waals surface area contributed by atoms with Gasteiger partial charge < -0.3 is 15.7 Å². The first-order valence-corrected chi connectivity index (χ1v) is 7.96. The van der Waals surface area contributed by atoms with E-state index < -0.39 is 17.5 Å². The molecule has 2 atom stereocenters. The number of hydrogen-bond donors (Lipinski definition) is 2. The van der Waals surface area contributed by atoms with E-state index >= 15 is 0 Å². The molecule has 0 spiro atoms. The molecule has 1 aromatic carbocycles. The Morgan fingerprint density at radius 2 is 2.12 bits per heavy atom. The van der Waals surface area contributed by atoms with Crippen LogP contribution >= 0.6 is 0 Å². The van der Waals surface area contributed by atoms with Crippen molar-refractivity contribution in [3.05, 3.63) is 34.9 Å².